The second-order valence-corrected chi connectivity index (χ2v) is 9.56. The number of fused-ring (bicyclic) bond motifs is 1. The van der Waals surface area contributed by atoms with Crippen LogP contribution in [-0.4, -0.2) is 42.1 Å². The zero-order valence-corrected chi connectivity index (χ0v) is 20.7. The number of alkyl halides is 6. The van der Waals surface area contributed by atoms with Gasteiger partial charge in [-0.1, -0.05) is 24.8 Å². The van der Waals surface area contributed by atoms with Crippen molar-refractivity contribution < 1.29 is 40.3 Å². The molecule has 204 valence electrons. The number of ether oxygens (including phenoxy) is 1. The second-order valence-electron chi connectivity index (χ2n) is 9.56. The van der Waals surface area contributed by atoms with Gasteiger partial charge in [-0.2, -0.15) is 26.3 Å². The number of hydrogen-bond donors (Lipinski definition) is 1. The van der Waals surface area contributed by atoms with Gasteiger partial charge in [-0.05, 0) is 73.5 Å². The van der Waals surface area contributed by atoms with E-state index in [1.165, 1.54) is 36.1 Å². The van der Waals surface area contributed by atoms with Crippen LogP contribution in [0.2, 0.25) is 0 Å². The van der Waals surface area contributed by atoms with Gasteiger partial charge in [0.05, 0.1) is 35.9 Å². The van der Waals surface area contributed by atoms with Gasteiger partial charge in [0.25, 0.3) is 0 Å². The number of likely N-dealkylation sites (N-methyl/N-ethyl adjacent to an activating group) is 1. The molecule has 4 rings (SSSR count). The van der Waals surface area contributed by atoms with Crippen molar-refractivity contribution in [3.8, 4) is 0 Å². The van der Waals surface area contributed by atoms with Gasteiger partial charge in [0, 0.05) is 0 Å². The van der Waals surface area contributed by atoms with Crippen LogP contribution < -0.4 is 5.32 Å². The maximum atomic E-state index is 13.5. The van der Waals surface area contributed by atoms with Crippen LogP contribution in [0.4, 0.5) is 30.7 Å². The summed E-state index contributed by atoms with van der Waals surface area (Å²) in [7, 11) is 1.61. The Kier molecular flexibility index (Phi) is 6.98. The molecule has 2 aliphatic heterocycles. The minimum atomic E-state index is -5.00. The SMILES string of the molecule is C=C1[C@H]2/C(=C\c3ccc(F)cc3)[C@@H](O[C@H](C)c3cc(C(F)(F)F)cc(C(F)(F)F)c3)CN2C(=O)[C@@]1(C)NC. The summed E-state index contributed by atoms with van der Waals surface area (Å²) in [6.07, 6.45) is -10.4. The molecule has 4 atom stereocenters. The molecule has 2 heterocycles. The minimum absolute atomic E-state index is 0.00223. The first-order valence-electron chi connectivity index (χ1n) is 11.7. The van der Waals surface area contributed by atoms with Crippen molar-refractivity contribution in [2.75, 3.05) is 13.6 Å². The van der Waals surface area contributed by atoms with E-state index in [0.717, 1.165) is 0 Å². The summed E-state index contributed by atoms with van der Waals surface area (Å²) in [5.74, 6) is -0.757. The van der Waals surface area contributed by atoms with E-state index in [-0.39, 0.29) is 24.1 Å². The lowest BCUT2D eigenvalue weighted by atomic mass is 9.87. The van der Waals surface area contributed by atoms with Crippen molar-refractivity contribution in [3.05, 3.63) is 88.3 Å². The number of halogens is 7. The van der Waals surface area contributed by atoms with E-state index in [1.807, 2.05) is 0 Å². The molecule has 2 aromatic rings. The van der Waals surface area contributed by atoms with Gasteiger partial charge in [0.1, 0.15) is 11.4 Å². The van der Waals surface area contributed by atoms with Gasteiger partial charge >= 0.3 is 12.4 Å². The highest BCUT2D eigenvalue weighted by molar-refractivity contribution is 5.96. The molecule has 2 fully saturated rings. The van der Waals surface area contributed by atoms with E-state index in [9.17, 15) is 35.5 Å². The highest BCUT2D eigenvalue weighted by Crippen LogP contribution is 2.45. The largest absolute Gasteiger partial charge is 0.416 e. The second kappa shape index (κ2) is 9.53. The molecule has 2 aliphatic rings. The Bertz CT molecular complexity index is 1250. The molecule has 1 amide bonds. The first-order chi connectivity index (χ1) is 17.6. The molecule has 38 heavy (non-hydrogen) atoms. The fourth-order valence-corrected chi connectivity index (χ4v) is 4.88. The Morgan fingerprint density at radius 2 is 1.63 bits per heavy atom. The summed E-state index contributed by atoms with van der Waals surface area (Å²) in [5.41, 5.74) is -2.67. The number of nitrogens with one attached hydrogen (secondary N) is 1. The Labute approximate surface area is 214 Å². The minimum Gasteiger partial charge on any atom is -0.364 e. The third-order valence-corrected chi connectivity index (χ3v) is 7.17. The topological polar surface area (TPSA) is 41.6 Å². The average Bonchev–Trinajstić information content (AvgIpc) is 3.27. The van der Waals surface area contributed by atoms with Crippen LogP contribution in [0.3, 0.4) is 0 Å². The number of rotatable bonds is 5. The Morgan fingerprint density at radius 3 is 2.13 bits per heavy atom. The van der Waals surface area contributed by atoms with Gasteiger partial charge in [0.2, 0.25) is 5.91 Å². The Morgan fingerprint density at radius 1 is 1.08 bits per heavy atom. The fraction of sp³-hybridized carbons (Fsp3) is 0.370. The molecule has 2 saturated heterocycles. The van der Waals surface area contributed by atoms with E-state index < -0.39 is 53.1 Å². The molecule has 2 aromatic carbocycles. The quantitative estimate of drug-likeness (QED) is 0.364. The molecule has 0 bridgehead atoms. The van der Waals surface area contributed by atoms with Gasteiger partial charge in [-0.25, -0.2) is 4.39 Å². The van der Waals surface area contributed by atoms with Gasteiger partial charge in [-0.15, -0.1) is 0 Å². The first-order valence-corrected chi connectivity index (χ1v) is 11.7. The van der Waals surface area contributed by atoms with Crippen LogP contribution in [-0.2, 0) is 21.9 Å². The van der Waals surface area contributed by atoms with E-state index in [2.05, 4.69) is 11.9 Å². The van der Waals surface area contributed by atoms with Gasteiger partial charge in [-0.3, -0.25) is 4.79 Å². The lowest BCUT2D eigenvalue weighted by Crippen LogP contribution is -2.49. The molecule has 0 aliphatic carbocycles. The standard InChI is InChI=1S/C27H25F7N2O2/c1-14-23-21(9-16-5-7-20(28)8-6-16)22(13-36(23)24(37)25(14,3)35-4)38-15(2)17-10-18(26(29,30)31)12-19(11-17)27(32,33)34/h5-12,15,22-23,35H,1,13H2,2-4H3/b21-9-/t15-,22+,23+,25+/m1/s1. The number of benzene rings is 2. The summed E-state index contributed by atoms with van der Waals surface area (Å²) in [6, 6.07) is 6.17. The van der Waals surface area contributed by atoms with Crippen LogP contribution in [0.1, 0.15) is 42.2 Å². The summed E-state index contributed by atoms with van der Waals surface area (Å²) in [6.45, 7) is 7.12. The maximum absolute atomic E-state index is 13.5. The number of carbonyl (C=O) groups is 1. The summed E-state index contributed by atoms with van der Waals surface area (Å²) in [4.78, 5) is 14.7. The average molecular weight is 542 g/mol. The molecular weight excluding hydrogens is 517 g/mol. The van der Waals surface area contributed by atoms with Gasteiger partial charge in [0.15, 0.2) is 0 Å². The molecule has 0 spiro atoms. The van der Waals surface area contributed by atoms with Crippen LogP contribution in [0.25, 0.3) is 6.08 Å². The zero-order valence-electron chi connectivity index (χ0n) is 20.7. The fourth-order valence-electron chi connectivity index (χ4n) is 4.88. The molecule has 4 nitrogen and oxygen atoms in total. The van der Waals surface area contributed by atoms with E-state index >= 15 is 0 Å². The monoisotopic (exact) mass is 542 g/mol. The Hall–Kier alpha value is -3.18. The van der Waals surface area contributed by atoms with Crippen molar-refractivity contribution in [2.45, 2.75) is 50.0 Å². The summed E-state index contributed by atoms with van der Waals surface area (Å²) < 4.78 is 99.8. The molecule has 0 radical (unpaired) electrons. The molecule has 11 heteroatoms. The predicted molar refractivity (Wildman–Crippen MR) is 126 cm³/mol. The van der Waals surface area contributed by atoms with Crippen molar-refractivity contribution >= 4 is 12.0 Å². The maximum Gasteiger partial charge on any atom is 0.416 e. The van der Waals surface area contributed by atoms with Crippen molar-refractivity contribution in [2.24, 2.45) is 0 Å². The predicted octanol–water partition coefficient (Wildman–Crippen LogP) is 6.15. The van der Waals surface area contributed by atoms with Crippen molar-refractivity contribution in [3.63, 3.8) is 0 Å². The van der Waals surface area contributed by atoms with E-state index in [4.69, 9.17) is 4.74 Å². The van der Waals surface area contributed by atoms with E-state index in [1.54, 1.807) is 20.0 Å². The third-order valence-electron chi connectivity index (χ3n) is 7.17. The molecule has 0 aromatic heterocycles. The lowest BCUT2D eigenvalue weighted by Gasteiger charge is -2.27. The van der Waals surface area contributed by atoms with Crippen molar-refractivity contribution in [1.29, 1.82) is 0 Å². The summed E-state index contributed by atoms with van der Waals surface area (Å²) in [5, 5.41) is 2.96. The van der Waals surface area contributed by atoms with Crippen molar-refractivity contribution in [1.82, 2.24) is 10.2 Å². The zero-order chi connectivity index (χ0) is 28.2. The number of hydrogen-bond acceptors (Lipinski definition) is 3. The lowest BCUT2D eigenvalue weighted by molar-refractivity contribution is -0.143. The van der Waals surface area contributed by atoms with E-state index in [0.29, 0.717) is 28.8 Å². The van der Waals surface area contributed by atoms with Crippen LogP contribution >= 0.6 is 0 Å². The number of carbonyl (C=O) groups excluding carboxylic acids is 1. The van der Waals surface area contributed by atoms with Gasteiger partial charge < -0.3 is 15.0 Å². The first kappa shape index (κ1) is 27.8. The Balaban J connectivity index is 1.73. The highest BCUT2D eigenvalue weighted by atomic mass is 19.4. The van der Waals surface area contributed by atoms with Crippen LogP contribution in [0, 0.1) is 5.82 Å². The third kappa shape index (κ3) is 4.96. The summed E-state index contributed by atoms with van der Waals surface area (Å²) >= 11 is 0. The van der Waals surface area contributed by atoms with Crippen LogP contribution in [0.5, 0.6) is 0 Å². The normalized spacial score (nSPS) is 25.8. The number of nitrogens with zero attached hydrogens (tertiary/aromatic N) is 1. The molecule has 0 unspecified atom stereocenters. The number of amides is 1. The van der Waals surface area contributed by atoms with Crippen LogP contribution in [0.15, 0.2) is 60.2 Å². The smallest absolute Gasteiger partial charge is 0.364 e. The highest BCUT2D eigenvalue weighted by Gasteiger charge is 2.57. The molecular formula is C27H25F7N2O2. The molecule has 0 saturated carbocycles. The molecule has 1 N–H and O–H groups in total.